The first kappa shape index (κ1) is 21.9. The van der Waals surface area contributed by atoms with E-state index in [-0.39, 0.29) is 28.4 Å². The maximum absolute atomic E-state index is 12.9. The van der Waals surface area contributed by atoms with E-state index in [9.17, 15) is 31.2 Å². The van der Waals surface area contributed by atoms with Crippen molar-refractivity contribution in [3.05, 3.63) is 28.2 Å². The number of carbonyl (C=O) groups is 2. The molecule has 0 radical (unpaired) electrons. The Labute approximate surface area is 173 Å². The van der Waals surface area contributed by atoms with Crippen molar-refractivity contribution < 1.29 is 31.2 Å². The molecule has 3 N–H and O–H groups in total. The minimum atomic E-state index is -4.55. The van der Waals surface area contributed by atoms with E-state index in [1.807, 2.05) is 0 Å². The number of urea groups is 1. The van der Waals surface area contributed by atoms with Gasteiger partial charge in [-0.2, -0.15) is 13.2 Å². The summed E-state index contributed by atoms with van der Waals surface area (Å²) in [7, 11) is -3.33. The first-order chi connectivity index (χ1) is 13.5. The Bertz CT molecular complexity index is 923. The zero-order chi connectivity index (χ0) is 21.4. The van der Waals surface area contributed by atoms with Crippen molar-refractivity contribution in [2.24, 2.45) is 0 Å². The Morgan fingerprint density at radius 3 is 2.66 bits per heavy atom. The first-order valence-corrected chi connectivity index (χ1v) is 11.4. The average Bonchev–Trinajstić information content (AvgIpc) is 3.04. The molecular formula is C17H19BrF3N3O4S. The SMILES string of the molecule is O=C(CCCCC1C2NC(=O)NC2CS1(=O)=O)Nc1ccc(Br)c(C(F)(F)F)c1. The molecule has 2 saturated heterocycles. The lowest BCUT2D eigenvalue weighted by molar-refractivity contribution is -0.138. The van der Waals surface area contributed by atoms with Gasteiger partial charge in [-0.1, -0.05) is 22.4 Å². The van der Waals surface area contributed by atoms with Gasteiger partial charge in [0.1, 0.15) is 0 Å². The van der Waals surface area contributed by atoms with E-state index < -0.39 is 44.8 Å². The molecule has 0 bridgehead atoms. The van der Waals surface area contributed by atoms with Crippen molar-refractivity contribution in [1.82, 2.24) is 10.6 Å². The second kappa shape index (κ2) is 8.13. The number of amides is 3. The maximum atomic E-state index is 12.9. The zero-order valence-corrected chi connectivity index (χ0v) is 17.5. The molecule has 2 aliphatic rings. The lowest BCUT2D eigenvalue weighted by Gasteiger charge is -2.16. The standard InChI is InChI=1S/C17H19BrF3N3O4S/c18-11-6-5-9(7-10(11)17(19,20)21)22-14(25)4-2-1-3-13-15-12(8-29(13,27)28)23-16(26)24-15/h5-7,12-13,15H,1-4,8H2,(H,22,25)(H2,23,24,26). The molecule has 1 aromatic rings. The number of nitrogens with one attached hydrogen (secondary N) is 3. The summed E-state index contributed by atoms with van der Waals surface area (Å²) in [6.45, 7) is 0. The van der Waals surface area contributed by atoms with E-state index in [1.54, 1.807) is 0 Å². The maximum Gasteiger partial charge on any atom is 0.417 e. The Morgan fingerprint density at radius 2 is 1.97 bits per heavy atom. The molecule has 0 spiro atoms. The van der Waals surface area contributed by atoms with Crippen LogP contribution in [-0.4, -0.2) is 43.4 Å². The van der Waals surface area contributed by atoms with E-state index in [2.05, 4.69) is 31.9 Å². The Balaban J connectivity index is 1.49. The smallest absolute Gasteiger partial charge is 0.332 e. The molecule has 3 amide bonds. The highest BCUT2D eigenvalue weighted by Gasteiger charge is 2.51. The van der Waals surface area contributed by atoms with Crippen LogP contribution in [0.3, 0.4) is 0 Å². The molecule has 2 fully saturated rings. The van der Waals surface area contributed by atoms with Gasteiger partial charge >= 0.3 is 12.2 Å². The lowest BCUT2D eigenvalue weighted by Crippen LogP contribution is -2.39. The van der Waals surface area contributed by atoms with Crippen LogP contribution < -0.4 is 16.0 Å². The summed E-state index contributed by atoms with van der Waals surface area (Å²) < 4.78 is 63.1. The highest BCUT2D eigenvalue weighted by molar-refractivity contribution is 9.10. The van der Waals surface area contributed by atoms with Gasteiger partial charge in [-0.3, -0.25) is 4.79 Å². The number of hydrogen-bond donors (Lipinski definition) is 3. The summed E-state index contributed by atoms with van der Waals surface area (Å²) >= 11 is 2.84. The number of carbonyl (C=O) groups excluding carboxylic acids is 2. The van der Waals surface area contributed by atoms with E-state index in [4.69, 9.17) is 0 Å². The summed E-state index contributed by atoms with van der Waals surface area (Å²) in [5.41, 5.74) is -0.852. The largest absolute Gasteiger partial charge is 0.417 e. The predicted molar refractivity (Wildman–Crippen MR) is 103 cm³/mol. The quantitative estimate of drug-likeness (QED) is 0.415. The van der Waals surface area contributed by atoms with Gasteiger partial charge in [-0.15, -0.1) is 0 Å². The van der Waals surface area contributed by atoms with Crippen molar-refractivity contribution in [1.29, 1.82) is 0 Å². The molecule has 12 heteroatoms. The van der Waals surface area contributed by atoms with Gasteiger partial charge in [0.2, 0.25) is 5.91 Å². The van der Waals surface area contributed by atoms with Crippen molar-refractivity contribution in [3.63, 3.8) is 0 Å². The number of rotatable bonds is 6. The number of fused-ring (bicyclic) bond motifs is 1. The van der Waals surface area contributed by atoms with E-state index in [0.29, 0.717) is 19.3 Å². The molecule has 160 valence electrons. The van der Waals surface area contributed by atoms with Crippen molar-refractivity contribution in [2.75, 3.05) is 11.1 Å². The molecule has 2 aliphatic heterocycles. The lowest BCUT2D eigenvalue weighted by atomic mass is 10.0. The fourth-order valence-electron chi connectivity index (χ4n) is 3.68. The third-order valence-corrected chi connectivity index (χ3v) is 7.99. The molecule has 3 unspecified atom stereocenters. The molecule has 0 aromatic heterocycles. The van der Waals surface area contributed by atoms with Crippen LogP contribution in [0.2, 0.25) is 0 Å². The summed E-state index contributed by atoms with van der Waals surface area (Å²) in [4.78, 5) is 23.4. The third-order valence-electron chi connectivity index (χ3n) is 5.02. The third kappa shape index (κ3) is 5.03. The van der Waals surface area contributed by atoms with Gasteiger partial charge in [0.25, 0.3) is 0 Å². The molecule has 0 aliphatic carbocycles. The van der Waals surface area contributed by atoms with Crippen LogP contribution in [0, 0.1) is 0 Å². The van der Waals surface area contributed by atoms with Crippen LogP contribution in [0.1, 0.15) is 31.2 Å². The monoisotopic (exact) mass is 497 g/mol. The van der Waals surface area contributed by atoms with Crippen LogP contribution in [0.25, 0.3) is 0 Å². The van der Waals surface area contributed by atoms with Crippen LogP contribution in [-0.2, 0) is 20.8 Å². The molecule has 0 saturated carbocycles. The summed E-state index contributed by atoms with van der Waals surface area (Å²) in [5, 5.41) is 6.93. The first-order valence-electron chi connectivity index (χ1n) is 8.92. The zero-order valence-electron chi connectivity index (χ0n) is 15.1. The van der Waals surface area contributed by atoms with Crippen molar-refractivity contribution >= 4 is 43.4 Å². The topological polar surface area (TPSA) is 104 Å². The van der Waals surface area contributed by atoms with E-state index in [1.165, 1.54) is 12.1 Å². The molecule has 3 atom stereocenters. The number of alkyl halides is 3. The van der Waals surface area contributed by atoms with Crippen LogP contribution >= 0.6 is 15.9 Å². The van der Waals surface area contributed by atoms with Crippen LogP contribution in [0.15, 0.2) is 22.7 Å². The second-order valence-electron chi connectivity index (χ2n) is 7.10. The number of halogens is 4. The number of anilines is 1. The minimum Gasteiger partial charge on any atom is -0.332 e. The molecule has 7 nitrogen and oxygen atoms in total. The fraction of sp³-hybridized carbons (Fsp3) is 0.529. The van der Waals surface area contributed by atoms with Crippen molar-refractivity contribution in [3.8, 4) is 0 Å². The molecule has 1 aromatic carbocycles. The average molecular weight is 498 g/mol. The number of hydrogen-bond acceptors (Lipinski definition) is 4. The van der Waals surface area contributed by atoms with Gasteiger partial charge in [-0.25, -0.2) is 13.2 Å². The number of sulfone groups is 1. The van der Waals surface area contributed by atoms with Gasteiger partial charge in [0.15, 0.2) is 9.84 Å². The fourth-order valence-corrected chi connectivity index (χ4v) is 6.42. The normalized spacial score (nSPS) is 25.2. The van der Waals surface area contributed by atoms with E-state index in [0.717, 1.165) is 6.07 Å². The Hall–Kier alpha value is -1.82. The van der Waals surface area contributed by atoms with Gasteiger partial charge in [0.05, 0.1) is 28.6 Å². The van der Waals surface area contributed by atoms with Gasteiger partial charge in [0, 0.05) is 16.6 Å². The number of unbranched alkanes of at least 4 members (excludes halogenated alkanes) is 1. The molecule has 29 heavy (non-hydrogen) atoms. The van der Waals surface area contributed by atoms with Crippen molar-refractivity contribution in [2.45, 2.75) is 49.2 Å². The minimum absolute atomic E-state index is 0.0338. The highest BCUT2D eigenvalue weighted by Crippen LogP contribution is 2.36. The van der Waals surface area contributed by atoms with Gasteiger partial charge < -0.3 is 16.0 Å². The molecular weight excluding hydrogens is 479 g/mol. The highest BCUT2D eigenvalue weighted by atomic mass is 79.9. The summed E-state index contributed by atoms with van der Waals surface area (Å²) in [5.74, 6) is -0.560. The molecule has 2 heterocycles. The summed E-state index contributed by atoms with van der Waals surface area (Å²) in [6.07, 6.45) is -3.39. The second-order valence-corrected chi connectivity index (χ2v) is 10.2. The predicted octanol–water partition coefficient (Wildman–Crippen LogP) is 2.81. The number of benzene rings is 1. The molecule has 3 rings (SSSR count). The Morgan fingerprint density at radius 1 is 1.24 bits per heavy atom. The van der Waals surface area contributed by atoms with Crippen LogP contribution in [0.4, 0.5) is 23.7 Å². The summed E-state index contributed by atoms with van der Waals surface area (Å²) in [6, 6.07) is 2.14. The Kier molecular flexibility index (Phi) is 6.13. The van der Waals surface area contributed by atoms with E-state index >= 15 is 0 Å². The van der Waals surface area contributed by atoms with Crippen LogP contribution in [0.5, 0.6) is 0 Å². The van der Waals surface area contributed by atoms with Gasteiger partial charge in [-0.05, 0) is 31.0 Å².